The zero-order valence-electron chi connectivity index (χ0n) is 13.0. The van der Waals surface area contributed by atoms with Gasteiger partial charge < -0.3 is 9.52 Å². The van der Waals surface area contributed by atoms with Crippen molar-refractivity contribution in [2.75, 3.05) is 33.2 Å². The van der Waals surface area contributed by atoms with E-state index in [2.05, 4.69) is 30.7 Å². The van der Waals surface area contributed by atoms with Crippen LogP contribution in [0.15, 0.2) is 34.7 Å². The predicted octanol–water partition coefficient (Wildman–Crippen LogP) is 2.49. The van der Waals surface area contributed by atoms with Crippen LogP contribution in [0.1, 0.15) is 25.7 Å². The van der Waals surface area contributed by atoms with Gasteiger partial charge in [-0.3, -0.25) is 9.80 Å². The number of fused-ring (bicyclic) bond motifs is 1. The minimum Gasteiger partial charge on any atom is -0.458 e. The summed E-state index contributed by atoms with van der Waals surface area (Å²) in [5.41, 5.74) is 0.983. The third kappa shape index (κ3) is 2.98. The van der Waals surface area contributed by atoms with Gasteiger partial charge in [0, 0.05) is 37.1 Å². The number of furan rings is 1. The average Bonchev–Trinajstić information content (AvgIpc) is 2.86. The van der Waals surface area contributed by atoms with Crippen molar-refractivity contribution in [3.63, 3.8) is 0 Å². The van der Waals surface area contributed by atoms with Crippen LogP contribution in [0.2, 0.25) is 0 Å². The standard InChI is InChI=1S/C17H24N2O2/c1-17(2)12-19(9-8-18(17)3)11-14(20)16-10-13-6-4-5-7-15(13)21-16/h4-7,10,14,20H,8-9,11-12H2,1-3H3. The first kappa shape index (κ1) is 14.6. The highest BCUT2D eigenvalue weighted by Crippen LogP contribution is 2.26. The number of rotatable bonds is 3. The minimum absolute atomic E-state index is 0.145. The SMILES string of the molecule is CN1CCN(CC(O)c2cc3ccccc3o2)CC1(C)C. The Labute approximate surface area is 125 Å². The summed E-state index contributed by atoms with van der Waals surface area (Å²) in [5.74, 6) is 0.660. The van der Waals surface area contributed by atoms with Crippen LogP contribution in [0.4, 0.5) is 0 Å². The van der Waals surface area contributed by atoms with E-state index in [9.17, 15) is 5.11 Å². The van der Waals surface area contributed by atoms with E-state index in [-0.39, 0.29) is 5.54 Å². The maximum absolute atomic E-state index is 10.5. The molecule has 2 heterocycles. The molecule has 0 radical (unpaired) electrons. The lowest BCUT2D eigenvalue weighted by Gasteiger charge is -2.45. The average molecular weight is 288 g/mol. The second-order valence-electron chi connectivity index (χ2n) is 6.67. The van der Waals surface area contributed by atoms with Gasteiger partial charge in [-0.1, -0.05) is 18.2 Å². The van der Waals surface area contributed by atoms with E-state index in [1.807, 2.05) is 30.3 Å². The molecule has 1 unspecified atom stereocenters. The molecule has 4 heteroatoms. The van der Waals surface area contributed by atoms with Gasteiger partial charge >= 0.3 is 0 Å². The lowest BCUT2D eigenvalue weighted by Crippen LogP contribution is -2.58. The number of aliphatic hydroxyl groups is 1. The Bertz CT molecular complexity index is 587. The quantitative estimate of drug-likeness (QED) is 0.942. The van der Waals surface area contributed by atoms with Crippen molar-refractivity contribution in [2.45, 2.75) is 25.5 Å². The van der Waals surface area contributed by atoms with Crippen LogP contribution in [0.25, 0.3) is 11.0 Å². The molecule has 0 amide bonds. The Morgan fingerprint density at radius 3 is 2.76 bits per heavy atom. The number of hydrogen-bond acceptors (Lipinski definition) is 4. The number of likely N-dealkylation sites (N-methyl/N-ethyl adjacent to an activating group) is 1. The molecular formula is C17H24N2O2. The molecule has 21 heavy (non-hydrogen) atoms. The third-order valence-electron chi connectivity index (χ3n) is 4.60. The molecule has 4 nitrogen and oxygen atoms in total. The van der Waals surface area contributed by atoms with Crippen molar-refractivity contribution in [3.05, 3.63) is 36.1 Å². The van der Waals surface area contributed by atoms with Gasteiger partial charge in [-0.15, -0.1) is 0 Å². The van der Waals surface area contributed by atoms with Crippen LogP contribution in [0.3, 0.4) is 0 Å². The zero-order chi connectivity index (χ0) is 15.0. The molecule has 1 aliphatic heterocycles. The summed E-state index contributed by atoms with van der Waals surface area (Å²) >= 11 is 0. The van der Waals surface area contributed by atoms with E-state index < -0.39 is 6.10 Å². The predicted molar refractivity (Wildman–Crippen MR) is 84.3 cm³/mol. The van der Waals surface area contributed by atoms with Gasteiger partial charge in [0.1, 0.15) is 17.4 Å². The molecular weight excluding hydrogens is 264 g/mol. The van der Waals surface area contributed by atoms with Gasteiger partial charge in [-0.05, 0) is 33.0 Å². The Morgan fingerprint density at radius 2 is 2.05 bits per heavy atom. The lowest BCUT2D eigenvalue weighted by atomic mass is 9.99. The Hall–Kier alpha value is -1.36. The molecule has 0 bridgehead atoms. The number of hydrogen-bond donors (Lipinski definition) is 1. The van der Waals surface area contributed by atoms with Gasteiger partial charge in [-0.2, -0.15) is 0 Å². The van der Waals surface area contributed by atoms with E-state index in [0.717, 1.165) is 30.6 Å². The van der Waals surface area contributed by atoms with Crippen molar-refractivity contribution >= 4 is 11.0 Å². The van der Waals surface area contributed by atoms with Crippen LogP contribution >= 0.6 is 0 Å². The maximum Gasteiger partial charge on any atom is 0.135 e. The molecule has 2 aromatic rings. The van der Waals surface area contributed by atoms with Crippen molar-refractivity contribution in [1.82, 2.24) is 9.80 Å². The molecule has 3 rings (SSSR count). The van der Waals surface area contributed by atoms with Gasteiger partial charge in [0.05, 0.1) is 0 Å². The Kier molecular flexibility index (Phi) is 3.78. The van der Waals surface area contributed by atoms with E-state index in [1.54, 1.807) is 0 Å². The molecule has 1 aromatic heterocycles. The number of aliphatic hydroxyl groups excluding tert-OH is 1. The Morgan fingerprint density at radius 1 is 1.29 bits per heavy atom. The highest BCUT2D eigenvalue weighted by Gasteiger charge is 2.32. The summed E-state index contributed by atoms with van der Waals surface area (Å²) in [5, 5.41) is 11.5. The number of para-hydroxylation sites is 1. The molecule has 1 fully saturated rings. The highest BCUT2D eigenvalue weighted by molar-refractivity contribution is 5.77. The minimum atomic E-state index is -0.573. The van der Waals surface area contributed by atoms with Crippen LogP contribution in [-0.4, -0.2) is 53.7 Å². The maximum atomic E-state index is 10.5. The second-order valence-corrected chi connectivity index (χ2v) is 6.67. The van der Waals surface area contributed by atoms with Crippen molar-refractivity contribution in [3.8, 4) is 0 Å². The smallest absolute Gasteiger partial charge is 0.135 e. The Balaban J connectivity index is 1.70. The second kappa shape index (κ2) is 5.44. The molecule has 1 aliphatic rings. The molecule has 0 saturated carbocycles. The van der Waals surface area contributed by atoms with E-state index >= 15 is 0 Å². The van der Waals surface area contributed by atoms with Crippen molar-refractivity contribution in [1.29, 1.82) is 0 Å². The number of nitrogens with zero attached hydrogens (tertiary/aromatic N) is 2. The highest BCUT2D eigenvalue weighted by atomic mass is 16.4. The fourth-order valence-electron chi connectivity index (χ4n) is 3.00. The first-order valence-corrected chi connectivity index (χ1v) is 7.56. The number of benzene rings is 1. The van der Waals surface area contributed by atoms with E-state index in [1.165, 1.54) is 0 Å². The van der Waals surface area contributed by atoms with Crippen LogP contribution in [0, 0.1) is 0 Å². The fourth-order valence-corrected chi connectivity index (χ4v) is 3.00. The first-order chi connectivity index (χ1) is 9.95. The first-order valence-electron chi connectivity index (χ1n) is 7.56. The summed E-state index contributed by atoms with van der Waals surface area (Å²) < 4.78 is 5.76. The fraction of sp³-hybridized carbons (Fsp3) is 0.529. The molecule has 1 saturated heterocycles. The summed E-state index contributed by atoms with van der Waals surface area (Å²) in [7, 11) is 2.16. The summed E-state index contributed by atoms with van der Waals surface area (Å²) in [6.45, 7) is 8.08. The van der Waals surface area contributed by atoms with Gasteiger partial charge in [0.25, 0.3) is 0 Å². The molecule has 114 valence electrons. The van der Waals surface area contributed by atoms with Gasteiger partial charge in [0.15, 0.2) is 0 Å². The monoisotopic (exact) mass is 288 g/mol. The van der Waals surface area contributed by atoms with Crippen LogP contribution < -0.4 is 0 Å². The molecule has 0 aliphatic carbocycles. The molecule has 1 aromatic carbocycles. The van der Waals surface area contributed by atoms with E-state index in [4.69, 9.17) is 4.42 Å². The molecule has 1 N–H and O–H groups in total. The van der Waals surface area contributed by atoms with Crippen LogP contribution in [-0.2, 0) is 0 Å². The molecule has 1 atom stereocenters. The summed E-state index contributed by atoms with van der Waals surface area (Å²) in [6, 6.07) is 9.82. The normalized spacial score (nSPS) is 21.7. The summed E-state index contributed by atoms with van der Waals surface area (Å²) in [4.78, 5) is 4.69. The van der Waals surface area contributed by atoms with E-state index in [0.29, 0.717) is 12.3 Å². The van der Waals surface area contributed by atoms with Crippen LogP contribution in [0.5, 0.6) is 0 Å². The topological polar surface area (TPSA) is 39.9 Å². The number of piperazine rings is 1. The summed E-state index contributed by atoms with van der Waals surface area (Å²) in [6.07, 6.45) is -0.573. The largest absolute Gasteiger partial charge is 0.458 e. The lowest BCUT2D eigenvalue weighted by molar-refractivity contribution is 0.01000. The third-order valence-corrected chi connectivity index (χ3v) is 4.60. The van der Waals surface area contributed by atoms with Gasteiger partial charge in [0.2, 0.25) is 0 Å². The van der Waals surface area contributed by atoms with Crippen molar-refractivity contribution < 1.29 is 9.52 Å². The zero-order valence-corrected chi connectivity index (χ0v) is 13.0. The number of β-amino-alcohol motifs (C(OH)–C–C–N with tert-alkyl or cyclic N) is 1. The van der Waals surface area contributed by atoms with Gasteiger partial charge in [-0.25, -0.2) is 0 Å². The van der Waals surface area contributed by atoms with Crippen molar-refractivity contribution in [2.24, 2.45) is 0 Å². The molecule has 0 spiro atoms.